The molecule has 0 radical (unpaired) electrons. The van der Waals surface area contributed by atoms with Gasteiger partial charge in [0.2, 0.25) is 0 Å². The zero-order valence-electron chi connectivity index (χ0n) is 7.53. The van der Waals surface area contributed by atoms with Gasteiger partial charge in [0.15, 0.2) is 0 Å². The first kappa shape index (κ1) is 8.05. The highest BCUT2D eigenvalue weighted by molar-refractivity contribution is 5.85. The van der Waals surface area contributed by atoms with Gasteiger partial charge in [-0.2, -0.15) is 0 Å². The molecule has 0 aromatic heterocycles. The molecule has 2 fully saturated rings. The predicted molar refractivity (Wildman–Crippen MR) is 47.6 cm³/mol. The molecule has 68 valence electrons. The maximum absolute atomic E-state index is 8.70. The second-order valence-electron chi connectivity index (χ2n) is 3.96. The lowest BCUT2D eigenvalue weighted by atomic mass is 9.96. The van der Waals surface area contributed by atoms with Gasteiger partial charge in [0.1, 0.15) is 0 Å². The molecule has 3 heteroatoms. The Morgan fingerprint density at radius 1 is 1.50 bits per heavy atom. The van der Waals surface area contributed by atoms with E-state index < -0.39 is 0 Å². The van der Waals surface area contributed by atoms with Crippen LogP contribution in [0.15, 0.2) is 5.16 Å². The Morgan fingerprint density at radius 3 is 3.08 bits per heavy atom. The van der Waals surface area contributed by atoms with E-state index in [1.54, 1.807) is 0 Å². The number of piperidine rings is 1. The van der Waals surface area contributed by atoms with Crippen LogP contribution in [0.1, 0.15) is 32.6 Å². The number of hydrogen-bond acceptors (Lipinski definition) is 3. The predicted octanol–water partition coefficient (Wildman–Crippen LogP) is 1.46. The zero-order chi connectivity index (χ0) is 8.55. The van der Waals surface area contributed by atoms with Crippen molar-refractivity contribution in [3.8, 4) is 0 Å². The lowest BCUT2D eigenvalue weighted by Crippen LogP contribution is -2.44. The summed E-state index contributed by atoms with van der Waals surface area (Å²) in [5.41, 5.74) is 0.991. The van der Waals surface area contributed by atoms with Crippen LogP contribution in [-0.4, -0.2) is 34.4 Å². The molecule has 0 aromatic carbocycles. The molecule has 0 aliphatic carbocycles. The fourth-order valence-corrected chi connectivity index (χ4v) is 2.55. The van der Waals surface area contributed by atoms with Gasteiger partial charge in [-0.15, -0.1) is 0 Å². The molecular formula is C9H16N2O. The Kier molecular flexibility index (Phi) is 2.05. The van der Waals surface area contributed by atoms with Gasteiger partial charge in [0.25, 0.3) is 0 Å². The van der Waals surface area contributed by atoms with Gasteiger partial charge >= 0.3 is 0 Å². The SMILES string of the molecule is CC1CC(=NO)CC2CCCN12. The summed E-state index contributed by atoms with van der Waals surface area (Å²) >= 11 is 0. The minimum absolute atomic E-state index is 0.581. The lowest BCUT2D eigenvalue weighted by Gasteiger charge is -2.35. The van der Waals surface area contributed by atoms with Crippen LogP contribution in [-0.2, 0) is 0 Å². The standard InChI is InChI=1S/C9H16N2O/c1-7-5-8(10-12)6-9-3-2-4-11(7)9/h7,9,12H,2-6H2,1H3. The van der Waals surface area contributed by atoms with Gasteiger partial charge < -0.3 is 5.21 Å². The molecule has 1 N–H and O–H groups in total. The summed E-state index contributed by atoms with van der Waals surface area (Å²) in [6, 6.07) is 1.25. The molecular weight excluding hydrogens is 152 g/mol. The smallest absolute Gasteiger partial charge is 0.0601 e. The van der Waals surface area contributed by atoms with Crippen molar-refractivity contribution in [2.24, 2.45) is 5.16 Å². The minimum Gasteiger partial charge on any atom is -0.411 e. The lowest BCUT2D eigenvalue weighted by molar-refractivity contribution is 0.178. The van der Waals surface area contributed by atoms with Crippen LogP contribution < -0.4 is 0 Å². The summed E-state index contributed by atoms with van der Waals surface area (Å²) in [6.07, 6.45) is 4.53. The molecule has 2 aliphatic rings. The number of fused-ring (bicyclic) bond motifs is 1. The topological polar surface area (TPSA) is 35.8 Å². The molecule has 0 bridgehead atoms. The van der Waals surface area contributed by atoms with E-state index in [0.717, 1.165) is 18.6 Å². The first-order valence-electron chi connectivity index (χ1n) is 4.77. The first-order valence-corrected chi connectivity index (χ1v) is 4.77. The average molecular weight is 168 g/mol. The van der Waals surface area contributed by atoms with Crippen LogP contribution in [0.3, 0.4) is 0 Å². The molecule has 2 rings (SSSR count). The fraction of sp³-hybridized carbons (Fsp3) is 0.889. The minimum atomic E-state index is 0.581. The molecule has 0 aromatic rings. The van der Waals surface area contributed by atoms with Crippen molar-refractivity contribution >= 4 is 5.71 Å². The molecule has 0 saturated carbocycles. The zero-order valence-corrected chi connectivity index (χ0v) is 7.53. The number of hydrogen-bond donors (Lipinski definition) is 1. The summed E-state index contributed by atoms with van der Waals surface area (Å²) in [7, 11) is 0. The molecule has 0 spiro atoms. The van der Waals surface area contributed by atoms with Gasteiger partial charge in [-0.25, -0.2) is 0 Å². The van der Waals surface area contributed by atoms with Crippen LogP contribution in [0, 0.1) is 0 Å². The van der Waals surface area contributed by atoms with Crippen molar-refractivity contribution in [1.29, 1.82) is 0 Å². The van der Waals surface area contributed by atoms with Gasteiger partial charge in [0.05, 0.1) is 5.71 Å². The number of oxime groups is 1. The third kappa shape index (κ3) is 1.22. The van der Waals surface area contributed by atoms with E-state index in [2.05, 4.69) is 17.0 Å². The van der Waals surface area contributed by atoms with Gasteiger partial charge in [-0.3, -0.25) is 4.90 Å². The van der Waals surface area contributed by atoms with Crippen molar-refractivity contribution in [3.05, 3.63) is 0 Å². The summed E-state index contributed by atoms with van der Waals surface area (Å²) in [5, 5.41) is 12.0. The van der Waals surface area contributed by atoms with Crippen LogP contribution >= 0.6 is 0 Å². The maximum Gasteiger partial charge on any atom is 0.0601 e. The highest BCUT2D eigenvalue weighted by Gasteiger charge is 2.34. The summed E-state index contributed by atoms with van der Waals surface area (Å²) in [4.78, 5) is 2.55. The first-order chi connectivity index (χ1) is 5.81. The van der Waals surface area contributed by atoms with E-state index >= 15 is 0 Å². The van der Waals surface area contributed by atoms with Gasteiger partial charge in [0, 0.05) is 24.9 Å². The maximum atomic E-state index is 8.70. The molecule has 2 unspecified atom stereocenters. The van der Waals surface area contributed by atoms with Crippen LogP contribution in [0.25, 0.3) is 0 Å². The number of nitrogens with zero attached hydrogens (tertiary/aromatic N) is 2. The van der Waals surface area contributed by atoms with Crippen molar-refractivity contribution in [2.45, 2.75) is 44.7 Å². The van der Waals surface area contributed by atoms with Crippen molar-refractivity contribution in [1.82, 2.24) is 4.90 Å². The summed E-state index contributed by atoms with van der Waals surface area (Å²) < 4.78 is 0. The monoisotopic (exact) mass is 168 g/mol. The Morgan fingerprint density at radius 2 is 2.33 bits per heavy atom. The van der Waals surface area contributed by atoms with Crippen LogP contribution in [0.2, 0.25) is 0 Å². The van der Waals surface area contributed by atoms with E-state index in [1.165, 1.54) is 19.4 Å². The van der Waals surface area contributed by atoms with Crippen molar-refractivity contribution < 1.29 is 5.21 Å². The normalized spacial score (nSPS) is 40.2. The Labute approximate surface area is 73.1 Å². The molecule has 2 aliphatic heterocycles. The quantitative estimate of drug-likeness (QED) is 0.439. The Bertz CT molecular complexity index is 203. The van der Waals surface area contributed by atoms with Crippen LogP contribution in [0.5, 0.6) is 0 Å². The fourth-order valence-electron chi connectivity index (χ4n) is 2.55. The van der Waals surface area contributed by atoms with Crippen LogP contribution in [0.4, 0.5) is 0 Å². The highest BCUT2D eigenvalue weighted by Crippen LogP contribution is 2.29. The van der Waals surface area contributed by atoms with Crippen molar-refractivity contribution in [2.75, 3.05) is 6.54 Å². The molecule has 2 atom stereocenters. The molecule has 12 heavy (non-hydrogen) atoms. The largest absolute Gasteiger partial charge is 0.411 e. The second-order valence-corrected chi connectivity index (χ2v) is 3.96. The van der Waals surface area contributed by atoms with E-state index in [0.29, 0.717) is 12.1 Å². The van der Waals surface area contributed by atoms with E-state index in [9.17, 15) is 0 Å². The average Bonchev–Trinajstić information content (AvgIpc) is 2.52. The Hall–Kier alpha value is -0.570. The Balaban J connectivity index is 2.10. The summed E-state index contributed by atoms with van der Waals surface area (Å²) in [5.74, 6) is 0. The molecule has 2 saturated heterocycles. The third-order valence-electron chi connectivity index (χ3n) is 3.13. The van der Waals surface area contributed by atoms with Crippen molar-refractivity contribution in [3.63, 3.8) is 0 Å². The van der Waals surface area contributed by atoms with E-state index in [1.807, 2.05) is 0 Å². The third-order valence-corrected chi connectivity index (χ3v) is 3.13. The van der Waals surface area contributed by atoms with E-state index in [4.69, 9.17) is 5.21 Å². The second kappa shape index (κ2) is 3.05. The van der Waals surface area contributed by atoms with Gasteiger partial charge in [-0.1, -0.05) is 5.16 Å². The summed E-state index contributed by atoms with van der Waals surface area (Å²) in [6.45, 7) is 3.47. The number of rotatable bonds is 0. The molecule has 2 heterocycles. The highest BCUT2D eigenvalue weighted by atomic mass is 16.4. The van der Waals surface area contributed by atoms with Gasteiger partial charge in [-0.05, 0) is 26.3 Å². The molecule has 3 nitrogen and oxygen atoms in total. The van der Waals surface area contributed by atoms with E-state index in [-0.39, 0.29) is 0 Å². The molecule has 0 amide bonds.